The van der Waals surface area contributed by atoms with Crippen molar-refractivity contribution < 1.29 is 4.42 Å². The van der Waals surface area contributed by atoms with Gasteiger partial charge in [0.05, 0.1) is 17.1 Å². The third-order valence-electron chi connectivity index (χ3n) is 12.2. The van der Waals surface area contributed by atoms with Crippen LogP contribution in [0.15, 0.2) is 186 Å². The van der Waals surface area contributed by atoms with Crippen LogP contribution in [0.1, 0.15) is 23.6 Å². The molecule has 0 amide bonds. The van der Waals surface area contributed by atoms with E-state index in [2.05, 4.69) is 194 Å². The zero-order valence-corrected chi connectivity index (χ0v) is 29.7. The summed E-state index contributed by atoms with van der Waals surface area (Å²) in [5.74, 6) is 0. The van der Waals surface area contributed by atoms with E-state index in [0.29, 0.717) is 0 Å². The van der Waals surface area contributed by atoms with Gasteiger partial charge < -0.3 is 9.32 Å². The molecule has 2 heteroatoms. The molecule has 1 aromatic heterocycles. The molecule has 0 spiro atoms. The molecule has 0 radical (unpaired) electrons. The van der Waals surface area contributed by atoms with Gasteiger partial charge in [-0.05, 0) is 115 Å². The van der Waals surface area contributed by atoms with Crippen LogP contribution in [0.25, 0.3) is 76.9 Å². The lowest BCUT2D eigenvalue weighted by Crippen LogP contribution is -2.32. The van der Waals surface area contributed by atoms with Gasteiger partial charge in [-0.3, -0.25) is 0 Å². The summed E-state index contributed by atoms with van der Waals surface area (Å²) in [6.07, 6.45) is 0. The molecule has 12 rings (SSSR count). The number of nitrogens with zero attached hydrogens (tertiary/aromatic N) is 1. The van der Waals surface area contributed by atoms with Crippen LogP contribution >= 0.6 is 0 Å². The highest BCUT2D eigenvalue weighted by atomic mass is 16.3. The van der Waals surface area contributed by atoms with Crippen LogP contribution in [0, 0.1) is 0 Å². The molecule has 2 nitrogen and oxygen atoms in total. The molecule has 2 heterocycles. The summed E-state index contributed by atoms with van der Waals surface area (Å²) in [6, 6.07) is 66.8. The van der Waals surface area contributed by atoms with E-state index in [4.69, 9.17) is 4.42 Å². The van der Waals surface area contributed by atoms with Crippen molar-refractivity contribution in [1.82, 2.24) is 0 Å². The van der Waals surface area contributed by atoms with Gasteiger partial charge in [-0.25, -0.2) is 0 Å². The van der Waals surface area contributed by atoms with E-state index in [1.165, 1.54) is 77.4 Å². The summed E-state index contributed by atoms with van der Waals surface area (Å²) in [6.45, 7) is 2.44. The number of hydrogen-bond donors (Lipinski definition) is 0. The molecule has 1 aliphatic heterocycles. The minimum atomic E-state index is -0.342. The first kappa shape index (κ1) is 29.7. The van der Waals surface area contributed by atoms with Crippen LogP contribution < -0.4 is 4.90 Å². The standard InChI is InChI=1S/C52H33NO/c1-52-43-23-8-6-18-38(43)41-22-11-25-47(51(41)52)53(46-28-27-35(30-44(46)52)37-20-10-16-32-13-4-5-17-36(32)37)45-24-9-7-19-39(45)40-21-12-26-48-50(40)42-29-33-14-2-3-15-34(33)31-49(42)54-48/h2-31H,1H3. The van der Waals surface area contributed by atoms with Crippen molar-refractivity contribution in [2.45, 2.75) is 12.3 Å². The van der Waals surface area contributed by atoms with Crippen molar-refractivity contribution in [3.63, 3.8) is 0 Å². The van der Waals surface area contributed by atoms with Gasteiger partial charge in [-0.1, -0.05) is 140 Å². The number of anilines is 3. The van der Waals surface area contributed by atoms with Crippen LogP contribution in [-0.4, -0.2) is 0 Å². The number of benzene rings is 9. The summed E-state index contributed by atoms with van der Waals surface area (Å²) in [5, 5.41) is 7.19. The zero-order chi connectivity index (χ0) is 35.5. The van der Waals surface area contributed by atoms with E-state index in [1.807, 2.05) is 0 Å². The fourth-order valence-corrected chi connectivity index (χ4v) is 9.84. The molecular formula is C52H33NO. The molecule has 0 N–H and O–H groups in total. The second kappa shape index (κ2) is 10.8. The predicted octanol–water partition coefficient (Wildman–Crippen LogP) is 14.3. The first-order valence-corrected chi connectivity index (χ1v) is 18.8. The Balaban J connectivity index is 1.15. The number of furan rings is 1. The highest BCUT2D eigenvalue weighted by Gasteiger charge is 2.48. The van der Waals surface area contributed by atoms with Gasteiger partial charge in [0, 0.05) is 21.8 Å². The summed E-state index contributed by atoms with van der Waals surface area (Å²) in [4.78, 5) is 2.53. The second-order valence-corrected chi connectivity index (χ2v) is 15.0. The van der Waals surface area contributed by atoms with Gasteiger partial charge in [0.1, 0.15) is 11.2 Å². The summed E-state index contributed by atoms with van der Waals surface area (Å²) in [7, 11) is 0. The Kier molecular flexibility index (Phi) is 5.94. The van der Waals surface area contributed by atoms with Crippen molar-refractivity contribution in [2.75, 3.05) is 4.90 Å². The van der Waals surface area contributed by atoms with Crippen LogP contribution in [0.5, 0.6) is 0 Å². The lowest BCUT2D eigenvalue weighted by molar-refractivity contribution is 0.669. The second-order valence-electron chi connectivity index (χ2n) is 15.0. The monoisotopic (exact) mass is 687 g/mol. The molecular weight excluding hydrogens is 655 g/mol. The zero-order valence-electron chi connectivity index (χ0n) is 29.7. The molecule has 0 saturated carbocycles. The lowest BCUT2D eigenvalue weighted by atomic mass is 9.70. The molecule has 2 aliphatic rings. The van der Waals surface area contributed by atoms with E-state index in [-0.39, 0.29) is 5.41 Å². The Morgan fingerprint density at radius 2 is 1.06 bits per heavy atom. The molecule has 0 bridgehead atoms. The predicted molar refractivity (Wildman–Crippen MR) is 225 cm³/mol. The van der Waals surface area contributed by atoms with Crippen molar-refractivity contribution >= 4 is 60.5 Å². The SMILES string of the molecule is CC12c3ccccc3-c3cccc(c31)N(c1ccccc1-c1cccc3oc4cc5ccccc5cc4c13)c1ccc(-c3cccc4ccccc34)cc12. The minimum absolute atomic E-state index is 0.342. The maximum absolute atomic E-state index is 6.58. The largest absolute Gasteiger partial charge is 0.456 e. The smallest absolute Gasteiger partial charge is 0.136 e. The van der Waals surface area contributed by atoms with E-state index >= 15 is 0 Å². The van der Waals surface area contributed by atoms with Crippen molar-refractivity contribution in [2.24, 2.45) is 0 Å². The molecule has 0 fully saturated rings. The van der Waals surface area contributed by atoms with Gasteiger partial charge in [0.25, 0.3) is 0 Å². The molecule has 9 aromatic carbocycles. The molecule has 1 atom stereocenters. The minimum Gasteiger partial charge on any atom is -0.456 e. The van der Waals surface area contributed by atoms with Crippen molar-refractivity contribution in [3.8, 4) is 33.4 Å². The Morgan fingerprint density at radius 1 is 0.407 bits per heavy atom. The summed E-state index contributed by atoms with van der Waals surface area (Å²) in [5.41, 5.74) is 16.5. The fraction of sp³-hybridized carbons (Fsp3) is 0.0385. The van der Waals surface area contributed by atoms with Crippen molar-refractivity contribution in [3.05, 3.63) is 199 Å². The van der Waals surface area contributed by atoms with E-state index < -0.39 is 0 Å². The van der Waals surface area contributed by atoms with E-state index in [9.17, 15) is 0 Å². The van der Waals surface area contributed by atoms with Crippen LogP contribution in [-0.2, 0) is 5.41 Å². The lowest BCUT2D eigenvalue weighted by Gasteiger charge is -2.43. The van der Waals surface area contributed by atoms with Crippen LogP contribution in [0.2, 0.25) is 0 Å². The van der Waals surface area contributed by atoms with E-state index in [0.717, 1.165) is 33.2 Å². The quantitative estimate of drug-likeness (QED) is 0.184. The number of rotatable bonds is 3. The summed E-state index contributed by atoms with van der Waals surface area (Å²) >= 11 is 0. The molecule has 0 saturated heterocycles. The fourth-order valence-electron chi connectivity index (χ4n) is 9.84. The topological polar surface area (TPSA) is 16.4 Å². The maximum atomic E-state index is 6.58. The normalized spacial score (nSPS) is 15.5. The Hall–Kier alpha value is -6.90. The number of fused-ring (bicyclic) bond motifs is 10. The molecule has 1 aliphatic carbocycles. The molecule has 1 unspecified atom stereocenters. The first-order valence-electron chi connectivity index (χ1n) is 18.8. The van der Waals surface area contributed by atoms with Crippen LogP contribution in [0.4, 0.5) is 17.1 Å². The Labute approximate surface area is 313 Å². The highest BCUT2D eigenvalue weighted by Crippen LogP contribution is 2.63. The van der Waals surface area contributed by atoms with Gasteiger partial charge in [0.2, 0.25) is 0 Å². The first-order chi connectivity index (χ1) is 26.7. The van der Waals surface area contributed by atoms with Crippen molar-refractivity contribution in [1.29, 1.82) is 0 Å². The van der Waals surface area contributed by atoms with E-state index in [1.54, 1.807) is 0 Å². The average Bonchev–Trinajstić information content (AvgIpc) is 3.73. The maximum Gasteiger partial charge on any atom is 0.136 e. The van der Waals surface area contributed by atoms with Gasteiger partial charge in [-0.2, -0.15) is 0 Å². The van der Waals surface area contributed by atoms with Crippen LogP contribution in [0.3, 0.4) is 0 Å². The Morgan fingerprint density at radius 3 is 1.96 bits per heavy atom. The third kappa shape index (κ3) is 3.89. The summed E-state index contributed by atoms with van der Waals surface area (Å²) < 4.78 is 6.58. The van der Waals surface area contributed by atoms with Gasteiger partial charge in [0.15, 0.2) is 0 Å². The number of hydrogen-bond acceptors (Lipinski definition) is 2. The molecule has 252 valence electrons. The molecule has 54 heavy (non-hydrogen) atoms. The van der Waals surface area contributed by atoms with Gasteiger partial charge >= 0.3 is 0 Å². The molecule has 10 aromatic rings. The van der Waals surface area contributed by atoms with Gasteiger partial charge in [-0.15, -0.1) is 0 Å². The number of para-hydroxylation sites is 1. The highest BCUT2D eigenvalue weighted by molar-refractivity contribution is 6.17. The Bertz CT molecular complexity index is 3200. The average molecular weight is 688 g/mol. The third-order valence-corrected chi connectivity index (χ3v) is 12.2.